The van der Waals surface area contributed by atoms with Gasteiger partial charge in [-0.25, -0.2) is 4.21 Å². The number of benzene rings is 2. The van der Waals surface area contributed by atoms with Crippen molar-refractivity contribution in [2.45, 2.75) is 25.4 Å². The van der Waals surface area contributed by atoms with E-state index in [0.717, 1.165) is 30.5 Å². The molecule has 2 atom stereocenters. The number of hydrogen-bond acceptors (Lipinski definition) is 7. The van der Waals surface area contributed by atoms with Crippen molar-refractivity contribution < 1.29 is 27.7 Å². The number of nitrogens with zero attached hydrogens (tertiary/aromatic N) is 1. The topological polar surface area (TPSA) is 77.5 Å². The molecule has 0 radical (unpaired) electrons. The zero-order valence-corrected chi connectivity index (χ0v) is 20.9. The third-order valence-electron chi connectivity index (χ3n) is 6.39. The smallest absolute Gasteiger partial charge is 0.240 e. The van der Waals surface area contributed by atoms with Crippen molar-refractivity contribution in [3.05, 3.63) is 82.8 Å². The standard InChI is InChI=1S/C27H31NO6S/c1-5-7-20(6-2)35(30)34-27-22-17-28-11-10-19-15-26(33-13-12-29)25(32-4)16-21(19)23(28)14-18(22)8-9-24(27)31-3/h5-9,15-16,23,29H,1-2,10-14,17H2,3-4H3/b20-7+. The van der Waals surface area contributed by atoms with Gasteiger partial charge in [-0.1, -0.05) is 25.3 Å². The maximum atomic E-state index is 12.9. The Bertz CT molecular complexity index is 1170. The quantitative estimate of drug-likeness (QED) is 0.497. The van der Waals surface area contributed by atoms with Gasteiger partial charge >= 0.3 is 0 Å². The number of rotatable bonds is 10. The number of methoxy groups -OCH3 is 2. The number of fused-ring (bicyclic) bond motifs is 4. The van der Waals surface area contributed by atoms with Crippen molar-refractivity contribution in [1.29, 1.82) is 0 Å². The number of allylic oxidation sites excluding steroid dienone is 3. The molecule has 0 fully saturated rings. The van der Waals surface area contributed by atoms with Crippen LogP contribution < -0.4 is 18.4 Å². The summed E-state index contributed by atoms with van der Waals surface area (Å²) in [5.41, 5.74) is 4.54. The molecule has 0 bridgehead atoms. The molecule has 2 aliphatic heterocycles. The van der Waals surface area contributed by atoms with Crippen LogP contribution >= 0.6 is 0 Å². The van der Waals surface area contributed by atoms with Crippen LogP contribution in [0.5, 0.6) is 23.0 Å². The second-order valence-corrected chi connectivity index (χ2v) is 9.38. The third-order valence-corrected chi connectivity index (χ3v) is 7.40. The monoisotopic (exact) mass is 497 g/mol. The summed E-state index contributed by atoms with van der Waals surface area (Å²) in [5, 5.41) is 9.14. The lowest BCUT2D eigenvalue weighted by Crippen LogP contribution is -2.39. The Hall–Kier alpha value is -3.07. The first-order chi connectivity index (χ1) is 17.0. The van der Waals surface area contributed by atoms with Crippen LogP contribution in [0.2, 0.25) is 0 Å². The van der Waals surface area contributed by atoms with Crippen LogP contribution in [0, 0.1) is 0 Å². The Labute approximate surface area is 208 Å². The van der Waals surface area contributed by atoms with Crippen molar-refractivity contribution in [3.8, 4) is 23.0 Å². The fourth-order valence-electron chi connectivity index (χ4n) is 4.72. The van der Waals surface area contributed by atoms with Gasteiger partial charge in [0.2, 0.25) is 11.1 Å². The van der Waals surface area contributed by atoms with Crippen LogP contribution in [0.1, 0.15) is 28.3 Å². The van der Waals surface area contributed by atoms with E-state index in [1.165, 1.54) is 17.2 Å². The molecular formula is C27H31NO6S. The molecule has 0 aliphatic carbocycles. The Morgan fingerprint density at radius 2 is 1.97 bits per heavy atom. The Kier molecular flexibility index (Phi) is 7.95. The van der Waals surface area contributed by atoms with Gasteiger partial charge < -0.3 is 23.5 Å². The highest BCUT2D eigenvalue weighted by Crippen LogP contribution is 2.46. The summed E-state index contributed by atoms with van der Waals surface area (Å²) in [7, 11) is 3.20. The lowest BCUT2D eigenvalue weighted by molar-refractivity contribution is 0.158. The van der Waals surface area contributed by atoms with Crippen LogP contribution in [-0.2, 0) is 30.5 Å². The highest BCUT2D eigenvalue weighted by Gasteiger charge is 2.35. The van der Waals surface area contributed by atoms with Crippen molar-refractivity contribution in [2.24, 2.45) is 0 Å². The molecule has 0 spiro atoms. The van der Waals surface area contributed by atoms with Crippen molar-refractivity contribution in [1.82, 2.24) is 4.90 Å². The van der Waals surface area contributed by atoms with Gasteiger partial charge in [0.1, 0.15) is 6.61 Å². The molecule has 0 aromatic heterocycles. The second-order valence-electron chi connectivity index (χ2n) is 8.28. The molecule has 7 nitrogen and oxygen atoms in total. The minimum Gasteiger partial charge on any atom is -0.493 e. The van der Waals surface area contributed by atoms with E-state index in [0.29, 0.717) is 34.4 Å². The average molecular weight is 498 g/mol. The molecule has 2 heterocycles. The van der Waals surface area contributed by atoms with E-state index in [1.807, 2.05) is 12.1 Å². The molecule has 35 heavy (non-hydrogen) atoms. The van der Waals surface area contributed by atoms with Crippen LogP contribution in [0.4, 0.5) is 0 Å². The fourth-order valence-corrected chi connectivity index (χ4v) is 5.50. The fraction of sp³-hybridized carbons (Fsp3) is 0.333. The predicted octanol–water partition coefficient (Wildman–Crippen LogP) is 4.03. The lowest BCUT2D eigenvalue weighted by atomic mass is 9.83. The molecule has 4 rings (SSSR count). The number of aliphatic hydroxyl groups is 1. The Balaban J connectivity index is 1.69. The summed E-state index contributed by atoms with van der Waals surface area (Å²) < 4.78 is 35.7. The van der Waals surface area contributed by atoms with E-state index in [9.17, 15) is 4.21 Å². The molecule has 2 aliphatic rings. The van der Waals surface area contributed by atoms with Gasteiger partial charge in [-0.3, -0.25) is 4.90 Å². The minimum absolute atomic E-state index is 0.0518. The molecule has 0 saturated carbocycles. The molecule has 2 unspecified atom stereocenters. The Morgan fingerprint density at radius 3 is 2.66 bits per heavy atom. The predicted molar refractivity (Wildman–Crippen MR) is 136 cm³/mol. The first kappa shape index (κ1) is 25.0. The lowest BCUT2D eigenvalue weighted by Gasteiger charge is -2.42. The van der Waals surface area contributed by atoms with Gasteiger partial charge in [0.25, 0.3) is 0 Å². The van der Waals surface area contributed by atoms with Gasteiger partial charge in [0, 0.05) is 24.7 Å². The van der Waals surface area contributed by atoms with E-state index < -0.39 is 11.1 Å². The maximum Gasteiger partial charge on any atom is 0.240 e. The van der Waals surface area contributed by atoms with Crippen LogP contribution in [-0.4, -0.2) is 48.2 Å². The van der Waals surface area contributed by atoms with Crippen molar-refractivity contribution in [3.63, 3.8) is 0 Å². The van der Waals surface area contributed by atoms with Gasteiger partial charge in [-0.15, -0.1) is 0 Å². The molecule has 186 valence electrons. The van der Waals surface area contributed by atoms with Gasteiger partial charge in [0.05, 0.1) is 25.7 Å². The highest BCUT2D eigenvalue weighted by atomic mass is 32.2. The molecule has 2 aromatic rings. The molecule has 1 N–H and O–H groups in total. The summed E-state index contributed by atoms with van der Waals surface area (Å²) in [6.07, 6.45) is 6.31. The minimum atomic E-state index is -1.75. The molecule has 8 heteroatoms. The van der Waals surface area contributed by atoms with Crippen LogP contribution in [0.3, 0.4) is 0 Å². The van der Waals surface area contributed by atoms with E-state index >= 15 is 0 Å². The number of hydrogen-bond donors (Lipinski definition) is 1. The van der Waals surface area contributed by atoms with Gasteiger partial charge in [-0.2, -0.15) is 0 Å². The summed E-state index contributed by atoms with van der Waals surface area (Å²) in [4.78, 5) is 2.84. The van der Waals surface area contributed by atoms with E-state index in [1.54, 1.807) is 26.4 Å². The van der Waals surface area contributed by atoms with E-state index in [-0.39, 0.29) is 19.3 Å². The second kappa shape index (κ2) is 11.1. The van der Waals surface area contributed by atoms with Crippen molar-refractivity contribution in [2.75, 3.05) is 34.0 Å². The van der Waals surface area contributed by atoms with E-state index in [4.69, 9.17) is 23.5 Å². The summed E-state index contributed by atoms with van der Waals surface area (Å²) in [6.45, 7) is 9.06. The first-order valence-electron chi connectivity index (χ1n) is 11.5. The first-order valence-corrected chi connectivity index (χ1v) is 12.5. The van der Waals surface area contributed by atoms with Gasteiger partial charge in [-0.05, 0) is 59.9 Å². The summed E-state index contributed by atoms with van der Waals surface area (Å²) in [5.74, 6) is 2.35. The molecular weight excluding hydrogens is 466 g/mol. The largest absolute Gasteiger partial charge is 0.493 e. The highest BCUT2D eigenvalue weighted by molar-refractivity contribution is 7.84. The SMILES string of the molecule is C=C/C=C(\C=C)S(=O)Oc1c(OC)ccc2c1CN1CCc3cc(OCCO)c(OC)cc3C1C2. The summed E-state index contributed by atoms with van der Waals surface area (Å²) >= 11 is -1.75. The van der Waals surface area contributed by atoms with Crippen LogP contribution in [0.25, 0.3) is 0 Å². The third kappa shape index (κ3) is 5.00. The maximum absolute atomic E-state index is 12.9. The van der Waals surface area contributed by atoms with E-state index in [2.05, 4.69) is 30.2 Å². The summed E-state index contributed by atoms with van der Waals surface area (Å²) in [6, 6.07) is 8.17. The average Bonchev–Trinajstić information content (AvgIpc) is 2.88. The Morgan fingerprint density at radius 1 is 1.17 bits per heavy atom. The van der Waals surface area contributed by atoms with Crippen molar-refractivity contribution >= 4 is 11.1 Å². The molecule has 0 saturated heterocycles. The van der Waals surface area contributed by atoms with Crippen LogP contribution in [0.15, 0.2) is 60.6 Å². The van der Waals surface area contributed by atoms with Gasteiger partial charge in [0.15, 0.2) is 23.0 Å². The number of ether oxygens (including phenoxy) is 3. The number of aliphatic hydroxyl groups excluding tert-OH is 1. The molecule has 0 amide bonds. The zero-order chi connectivity index (χ0) is 24.9. The molecule has 2 aromatic carbocycles. The normalized spacial score (nSPS) is 17.9. The zero-order valence-electron chi connectivity index (χ0n) is 20.1.